The van der Waals surface area contributed by atoms with Crippen molar-refractivity contribution in [1.29, 1.82) is 0 Å². The third-order valence-corrected chi connectivity index (χ3v) is 3.61. The maximum absolute atomic E-state index is 9.96. The first kappa shape index (κ1) is 13.0. The van der Waals surface area contributed by atoms with Crippen molar-refractivity contribution in [3.8, 4) is 0 Å². The maximum atomic E-state index is 9.96. The van der Waals surface area contributed by atoms with E-state index in [1.54, 1.807) is 0 Å². The van der Waals surface area contributed by atoms with Gasteiger partial charge in [-0.3, -0.25) is 0 Å². The molecule has 1 fully saturated rings. The van der Waals surface area contributed by atoms with Crippen molar-refractivity contribution >= 4 is 0 Å². The van der Waals surface area contributed by atoms with E-state index in [0.29, 0.717) is 12.5 Å². The van der Waals surface area contributed by atoms with Crippen LogP contribution in [0.25, 0.3) is 0 Å². The minimum Gasteiger partial charge on any atom is -0.390 e. The second-order valence-electron chi connectivity index (χ2n) is 5.14. The molecule has 1 unspecified atom stereocenters. The highest BCUT2D eigenvalue weighted by atomic mass is 16.5. The van der Waals surface area contributed by atoms with E-state index in [1.165, 1.54) is 32.1 Å². The second kappa shape index (κ2) is 6.49. The van der Waals surface area contributed by atoms with Gasteiger partial charge in [0.25, 0.3) is 0 Å². The highest BCUT2D eigenvalue weighted by Crippen LogP contribution is 2.32. The molecule has 0 aromatic heterocycles. The largest absolute Gasteiger partial charge is 0.390 e. The maximum Gasteiger partial charge on any atom is 0.0801 e. The van der Waals surface area contributed by atoms with Gasteiger partial charge in [-0.15, -0.1) is 0 Å². The normalized spacial score (nSPS) is 29.4. The number of hydrogen-bond acceptors (Lipinski definition) is 2. The van der Waals surface area contributed by atoms with Crippen molar-refractivity contribution < 1.29 is 9.84 Å². The Morgan fingerprint density at radius 2 is 1.80 bits per heavy atom. The van der Waals surface area contributed by atoms with Crippen molar-refractivity contribution in [2.45, 2.75) is 65.1 Å². The molecule has 1 aliphatic rings. The summed E-state index contributed by atoms with van der Waals surface area (Å²) in [6.45, 7) is 6.81. The molecule has 2 nitrogen and oxygen atoms in total. The van der Waals surface area contributed by atoms with Crippen LogP contribution in [0.2, 0.25) is 0 Å². The van der Waals surface area contributed by atoms with E-state index in [2.05, 4.69) is 6.92 Å². The molecule has 15 heavy (non-hydrogen) atoms. The van der Waals surface area contributed by atoms with E-state index in [0.717, 1.165) is 5.92 Å². The highest BCUT2D eigenvalue weighted by Gasteiger charge is 2.25. The van der Waals surface area contributed by atoms with E-state index >= 15 is 0 Å². The van der Waals surface area contributed by atoms with Crippen LogP contribution in [0, 0.1) is 11.8 Å². The van der Waals surface area contributed by atoms with Gasteiger partial charge in [0.05, 0.1) is 18.8 Å². The Labute approximate surface area is 94.0 Å². The zero-order chi connectivity index (χ0) is 11.3. The fourth-order valence-electron chi connectivity index (χ4n) is 2.41. The molecule has 0 amide bonds. The van der Waals surface area contributed by atoms with Crippen molar-refractivity contribution in [1.82, 2.24) is 0 Å². The van der Waals surface area contributed by atoms with Crippen LogP contribution in [0.5, 0.6) is 0 Å². The van der Waals surface area contributed by atoms with Gasteiger partial charge in [-0.1, -0.05) is 26.2 Å². The van der Waals surface area contributed by atoms with Crippen LogP contribution in [0.1, 0.15) is 52.9 Å². The summed E-state index contributed by atoms with van der Waals surface area (Å²) in [5, 5.41) is 9.96. The molecule has 1 atom stereocenters. The van der Waals surface area contributed by atoms with Crippen LogP contribution in [0.3, 0.4) is 0 Å². The van der Waals surface area contributed by atoms with Gasteiger partial charge in [0.2, 0.25) is 0 Å². The monoisotopic (exact) mass is 214 g/mol. The van der Waals surface area contributed by atoms with Gasteiger partial charge in [0.1, 0.15) is 0 Å². The fraction of sp³-hybridized carbons (Fsp3) is 1.00. The molecular weight excluding hydrogens is 188 g/mol. The van der Waals surface area contributed by atoms with E-state index in [4.69, 9.17) is 4.74 Å². The SMILES string of the molecule is CCC1CCC(C(O)COC(C)C)CC1. The number of aliphatic hydroxyl groups excluding tert-OH is 1. The summed E-state index contributed by atoms with van der Waals surface area (Å²) >= 11 is 0. The van der Waals surface area contributed by atoms with Crippen LogP contribution in [0.15, 0.2) is 0 Å². The van der Waals surface area contributed by atoms with Gasteiger partial charge in [-0.05, 0) is 38.5 Å². The standard InChI is InChI=1S/C13H26O2/c1-4-11-5-7-12(8-6-11)13(14)9-15-10(2)3/h10-14H,4-9H2,1-3H3. The molecule has 90 valence electrons. The van der Waals surface area contributed by atoms with E-state index < -0.39 is 0 Å². The minimum absolute atomic E-state index is 0.228. The van der Waals surface area contributed by atoms with E-state index in [1.807, 2.05) is 13.8 Å². The number of ether oxygens (including phenoxy) is 1. The first-order valence-electron chi connectivity index (χ1n) is 6.43. The minimum atomic E-state index is -0.245. The summed E-state index contributed by atoms with van der Waals surface area (Å²) < 4.78 is 5.46. The molecule has 2 heteroatoms. The summed E-state index contributed by atoms with van der Waals surface area (Å²) in [7, 11) is 0. The lowest BCUT2D eigenvalue weighted by atomic mass is 9.78. The lowest BCUT2D eigenvalue weighted by molar-refractivity contribution is -0.0297. The molecular formula is C13H26O2. The predicted octanol–water partition coefficient (Wildman–Crippen LogP) is 2.99. The number of rotatable bonds is 5. The molecule has 0 aliphatic heterocycles. The van der Waals surface area contributed by atoms with Gasteiger partial charge >= 0.3 is 0 Å². The first-order chi connectivity index (χ1) is 7.13. The van der Waals surface area contributed by atoms with E-state index in [-0.39, 0.29) is 12.2 Å². The fourth-order valence-corrected chi connectivity index (χ4v) is 2.41. The molecule has 1 saturated carbocycles. The molecule has 1 N–H and O–H groups in total. The van der Waals surface area contributed by atoms with Crippen molar-refractivity contribution in [2.75, 3.05) is 6.61 Å². The Morgan fingerprint density at radius 1 is 1.20 bits per heavy atom. The predicted molar refractivity (Wildman–Crippen MR) is 62.8 cm³/mol. The Bertz CT molecular complexity index is 160. The molecule has 1 aliphatic carbocycles. The molecule has 0 spiro atoms. The third-order valence-electron chi connectivity index (χ3n) is 3.61. The molecule has 0 bridgehead atoms. The number of hydrogen-bond donors (Lipinski definition) is 1. The van der Waals surface area contributed by atoms with Crippen molar-refractivity contribution in [3.63, 3.8) is 0 Å². The lowest BCUT2D eigenvalue weighted by Gasteiger charge is -2.31. The quantitative estimate of drug-likeness (QED) is 0.762. The van der Waals surface area contributed by atoms with E-state index in [9.17, 15) is 5.11 Å². The van der Waals surface area contributed by atoms with Crippen LogP contribution >= 0.6 is 0 Å². The van der Waals surface area contributed by atoms with Crippen LogP contribution in [-0.4, -0.2) is 23.9 Å². The molecule has 0 heterocycles. The lowest BCUT2D eigenvalue weighted by Crippen LogP contribution is -2.30. The highest BCUT2D eigenvalue weighted by molar-refractivity contribution is 4.76. The summed E-state index contributed by atoms with van der Waals surface area (Å²) in [4.78, 5) is 0. The van der Waals surface area contributed by atoms with Crippen molar-refractivity contribution in [3.05, 3.63) is 0 Å². The van der Waals surface area contributed by atoms with Crippen molar-refractivity contribution in [2.24, 2.45) is 11.8 Å². The molecule has 1 rings (SSSR count). The van der Waals surface area contributed by atoms with Crippen LogP contribution in [-0.2, 0) is 4.74 Å². The topological polar surface area (TPSA) is 29.5 Å². The van der Waals surface area contributed by atoms with Gasteiger partial charge < -0.3 is 9.84 Å². The summed E-state index contributed by atoms with van der Waals surface area (Å²) in [6, 6.07) is 0. The Hall–Kier alpha value is -0.0800. The third kappa shape index (κ3) is 4.52. The summed E-state index contributed by atoms with van der Waals surface area (Å²) in [5.74, 6) is 1.38. The Balaban J connectivity index is 2.20. The summed E-state index contributed by atoms with van der Waals surface area (Å²) in [6.07, 6.45) is 6.23. The average Bonchev–Trinajstić information content (AvgIpc) is 2.26. The Morgan fingerprint density at radius 3 is 2.27 bits per heavy atom. The average molecular weight is 214 g/mol. The number of aliphatic hydroxyl groups is 1. The van der Waals surface area contributed by atoms with Crippen LogP contribution < -0.4 is 0 Å². The smallest absolute Gasteiger partial charge is 0.0801 e. The Kier molecular flexibility index (Phi) is 5.62. The first-order valence-corrected chi connectivity index (χ1v) is 6.43. The molecule has 0 aromatic rings. The molecule has 0 saturated heterocycles. The van der Waals surface area contributed by atoms with Gasteiger partial charge in [-0.25, -0.2) is 0 Å². The molecule has 0 radical (unpaired) electrons. The molecule has 0 aromatic carbocycles. The zero-order valence-electron chi connectivity index (χ0n) is 10.4. The van der Waals surface area contributed by atoms with Gasteiger partial charge in [0, 0.05) is 0 Å². The second-order valence-corrected chi connectivity index (χ2v) is 5.14. The zero-order valence-corrected chi connectivity index (χ0v) is 10.4. The summed E-state index contributed by atoms with van der Waals surface area (Å²) in [5.41, 5.74) is 0. The van der Waals surface area contributed by atoms with Gasteiger partial charge in [-0.2, -0.15) is 0 Å². The van der Waals surface area contributed by atoms with Gasteiger partial charge in [0.15, 0.2) is 0 Å². The van der Waals surface area contributed by atoms with Crippen LogP contribution in [0.4, 0.5) is 0 Å².